The standard InChI is InChI=1S/C11H17ClFN3/c1-8(2)16-10(9(12)7-15-16)11(13)3-5-14-6-4-11/h7-8,14H,3-6H2,1-2H3. The van der Waals surface area contributed by atoms with E-state index >= 15 is 0 Å². The van der Waals surface area contributed by atoms with Gasteiger partial charge < -0.3 is 5.32 Å². The first-order valence-corrected chi connectivity index (χ1v) is 6.05. The number of nitrogens with zero attached hydrogens (tertiary/aromatic N) is 2. The molecule has 1 fully saturated rings. The third-order valence-electron chi connectivity index (χ3n) is 3.06. The molecule has 3 nitrogen and oxygen atoms in total. The molecule has 2 rings (SSSR count). The Bertz CT molecular complexity index is 369. The van der Waals surface area contributed by atoms with E-state index in [2.05, 4.69) is 10.4 Å². The SMILES string of the molecule is CC(C)n1ncc(Cl)c1C1(F)CCNCC1. The van der Waals surface area contributed by atoms with Gasteiger partial charge in [0.2, 0.25) is 0 Å². The van der Waals surface area contributed by atoms with Crippen molar-refractivity contribution >= 4 is 11.6 Å². The van der Waals surface area contributed by atoms with E-state index in [-0.39, 0.29) is 6.04 Å². The summed E-state index contributed by atoms with van der Waals surface area (Å²) in [6.45, 7) is 5.35. The third kappa shape index (κ3) is 1.96. The van der Waals surface area contributed by atoms with Crippen LogP contribution in [0.3, 0.4) is 0 Å². The Balaban J connectivity index is 2.41. The Kier molecular flexibility index (Phi) is 3.22. The first kappa shape index (κ1) is 11.9. The first-order chi connectivity index (χ1) is 7.54. The lowest BCUT2D eigenvalue weighted by Gasteiger charge is -2.31. The van der Waals surface area contributed by atoms with Gasteiger partial charge in [-0.1, -0.05) is 11.6 Å². The van der Waals surface area contributed by atoms with E-state index in [0.717, 1.165) is 0 Å². The molecule has 0 aromatic carbocycles. The van der Waals surface area contributed by atoms with Crippen LogP contribution in [0.2, 0.25) is 5.02 Å². The van der Waals surface area contributed by atoms with Crippen LogP contribution in [0, 0.1) is 0 Å². The van der Waals surface area contributed by atoms with Gasteiger partial charge in [0.1, 0.15) is 0 Å². The first-order valence-electron chi connectivity index (χ1n) is 5.68. The maximum Gasteiger partial charge on any atom is 0.156 e. The Labute approximate surface area is 100.0 Å². The topological polar surface area (TPSA) is 29.9 Å². The van der Waals surface area contributed by atoms with Crippen LogP contribution in [0.4, 0.5) is 4.39 Å². The van der Waals surface area contributed by atoms with Gasteiger partial charge >= 0.3 is 0 Å². The predicted molar refractivity (Wildman–Crippen MR) is 62.5 cm³/mol. The zero-order chi connectivity index (χ0) is 11.8. The van der Waals surface area contributed by atoms with E-state index in [4.69, 9.17) is 11.6 Å². The average Bonchev–Trinajstić information content (AvgIpc) is 2.62. The van der Waals surface area contributed by atoms with Crippen LogP contribution in [0.1, 0.15) is 38.4 Å². The van der Waals surface area contributed by atoms with Gasteiger partial charge in [-0.2, -0.15) is 5.10 Å². The molecule has 5 heteroatoms. The molecule has 90 valence electrons. The number of aromatic nitrogens is 2. The largest absolute Gasteiger partial charge is 0.316 e. The van der Waals surface area contributed by atoms with E-state index in [1.165, 1.54) is 0 Å². The summed E-state index contributed by atoms with van der Waals surface area (Å²) in [5, 5.41) is 7.76. The number of alkyl halides is 1. The van der Waals surface area contributed by atoms with Gasteiger partial charge in [0.15, 0.2) is 5.67 Å². The van der Waals surface area contributed by atoms with Crippen LogP contribution in [0.5, 0.6) is 0 Å². The summed E-state index contributed by atoms with van der Waals surface area (Å²) in [6, 6.07) is 0.130. The van der Waals surface area contributed by atoms with Crippen molar-refractivity contribution in [2.24, 2.45) is 0 Å². The molecule has 0 atom stereocenters. The maximum atomic E-state index is 14.8. The van der Waals surface area contributed by atoms with Crippen LogP contribution in [-0.2, 0) is 5.67 Å². The van der Waals surface area contributed by atoms with Gasteiger partial charge in [-0.15, -0.1) is 0 Å². The van der Waals surface area contributed by atoms with Crippen LogP contribution < -0.4 is 5.32 Å². The summed E-state index contributed by atoms with van der Waals surface area (Å²) in [5.41, 5.74) is -0.783. The number of nitrogens with one attached hydrogen (secondary N) is 1. The maximum absolute atomic E-state index is 14.8. The average molecular weight is 246 g/mol. The number of halogens is 2. The predicted octanol–water partition coefficient (Wildman–Crippen LogP) is 2.67. The highest BCUT2D eigenvalue weighted by Crippen LogP contribution is 2.39. The lowest BCUT2D eigenvalue weighted by molar-refractivity contribution is 0.102. The summed E-state index contributed by atoms with van der Waals surface area (Å²) >= 11 is 6.07. The Hall–Kier alpha value is -0.610. The van der Waals surface area contributed by atoms with E-state index < -0.39 is 5.67 Å². The number of piperidine rings is 1. The molecule has 0 saturated carbocycles. The molecule has 1 N–H and O–H groups in total. The minimum absolute atomic E-state index is 0.130. The van der Waals surface area contributed by atoms with E-state index in [9.17, 15) is 4.39 Å². The Morgan fingerprint density at radius 2 is 2.12 bits per heavy atom. The van der Waals surface area contributed by atoms with Crippen LogP contribution in [0.15, 0.2) is 6.20 Å². The molecule has 0 amide bonds. The quantitative estimate of drug-likeness (QED) is 0.868. The second-order valence-electron chi connectivity index (χ2n) is 4.59. The van der Waals surface area contributed by atoms with Gasteiger partial charge in [0.25, 0.3) is 0 Å². The third-order valence-corrected chi connectivity index (χ3v) is 3.34. The smallest absolute Gasteiger partial charge is 0.156 e. The van der Waals surface area contributed by atoms with Crippen LogP contribution in [0.25, 0.3) is 0 Å². The zero-order valence-corrected chi connectivity index (χ0v) is 10.4. The van der Waals surface area contributed by atoms with Crippen molar-refractivity contribution in [3.8, 4) is 0 Å². The van der Waals surface area contributed by atoms with Crippen molar-refractivity contribution < 1.29 is 4.39 Å². The summed E-state index contributed by atoms with van der Waals surface area (Å²) in [5.74, 6) is 0. The molecule has 1 aliphatic rings. The van der Waals surface area contributed by atoms with Gasteiger partial charge in [-0.25, -0.2) is 4.39 Å². The molecular weight excluding hydrogens is 229 g/mol. The van der Waals surface area contributed by atoms with Gasteiger partial charge in [0.05, 0.1) is 16.9 Å². The van der Waals surface area contributed by atoms with Crippen molar-refractivity contribution in [2.45, 2.75) is 38.4 Å². The molecular formula is C11H17ClFN3. The molecule has 1 aromatic rings. The highest BCUT2D eigenvalue weighted by atomic mass is 35.5. The van der Waals surface area contributed by atoms with E-state index in [1.54, 1.807) is 10.9 Å². The Morgan fingerprint density at radius 1 is 1.50 bits per heavy atom. The fourth-order valence-corrected chi connectivity index (χ4v) is 2.51. The fraction of sp³-hybridized carbons (Fsp3) is 0.727. The van der Waals surface area contributed by atoms with Crippen LogP contribution in [-0.4, -0.2) is 22.9 Å². The molecule has 0 bridgehead atoms. The second-order valence-corrected chi connectivity index (χ2v) is 5.00. The van der Waals surface area contributed by atoms with Gasteiger partial charge in [-0.3, -0.25) is 4.68 Å². The second kappa shape index (κ2) is 4.34. The van der Waals surface area contributed by atoms with Gasteiger partial charge in [0, 0.05) is 6.04 Å². The monoisotopic (exact) mass is 245 g/mol. The number of rotatable bonds is 2. The minimum Gasteiger partial charge on any atom is -0.316 e. The summed E-state index contributed by atoms with van der Waals surface area (Å²) in [6.07, 6.45) is 2.47. The lowest BCUT2D eigenvalue weighted by atomic mass is 9.90. The van der Waals surface area contributed by atoms with E-state index in [1.807, 2.05) is 13.8 Å². The van der Waals surface area contributed by atoms with Gasteiger partial charge in [-0.05, 0) is 39.8 Å². The number of hydrogen-bond donors (Lipinski definition) is 1. The normalized spacial score (nSPS) is 20.3. The molecule has 0 unspecified atom stereocenters. The zero-order valence-electron chi connectivity index (χ0n) is 9.63. The molecule has 0 aliphatic carbocycles. The molecule has 0 radical (unpaired) electrons. The van der Waals surface area contributed by atoms with Crippen molar-refractivity contribution in [3.63, 3.8) is 0 Å². The van der Waals surface area contributed by atoms with Crippen molar-refractivity contribution in [3.05, 3.63) is 16.9 Å². The molecule has 0 spiro atoms. The Morgan fingerprint density at radius 3 is 2.69 bits per heavy atom. The van der Waals surface area contributed by atoms with Crippen LogP contribution >= 0.6 is 11.6 Å². The minimum atomic E-state index is -1.33. The number of hydrogen-bond acceptors (Lipinski definition) is 2. The van der Waals surface area contributed by atoms with Crippen molar-refractivity contribution in [2.75, 3.05) is 13.1 Å². The van der Waals surface area contributed by atoms with Crippen molar-refractivity contribution in [1.29, 1.82) is 0 Å². The summed E-state index contributed by atoms with van der Waals surface area (Å²) in [4.78, 5) is 0. The molecule has 16 heavy (non-hydrogen) atoms. The van der Waals surface area contributed by atoms with Crippen molar-refractivity contribution in [1.82, 2.24) is 15.1 Å². The summed E-state index contributed by atoms with van der Waals surface area (Å²) < 4.78 is 16.5. The highest BCUT2D eigenvalue weighted by molar-refractivity contribution is 6.31. The molecule has 1 aromatic heterocycles. The summed E-state index contributed by atoms with van der Waals surface area (Å²) in [7, 11) is 0. The molecule has 2 heterocycles. The van der Waals surface area contributed by atoms with E-state index in [0.29, 0.717) is 36.6 Å². The lowest BCUT2D eigenvalue weighted by Crippen LogP contribution is -2.38. The molecule has 1 saturated heterocycles. The highest BCUT2D eigenvalue weighted by Gasteiger charge is 2.39. The molecule has 1 aliphatic heterocycles. The fourth-order valence-electron chi connectivity index (χ4n) is 2.21.